The van der Waals surface area contributed by atoms with E-state index in [9.17, 15) is 4.79 Å². The molecule has 1 aromatic rings. The molecule has 102 valence electrons. The summed E-state index contributed by atoms with van der Waals surface area (Å²) in [4.78, 5) is 17.0. The zero-order valence-corrected chi connectivity index (χ0v) is 11.9. The van der Waals surface area contributed by atoms with E-state index in [1.165, 1.54) is 11.3 Å². The molecule has 0 amide bonds. The van der Waals surface area contributed by atoms with E-state index in [4.69, 9.17) is 0 Å². The Hall–Kier alpha value is -0.870. The number of nitrogens with zero attached hydrogens (tertiary/aromatic N) is 1. The molecule has 0 saturated carbocycles. The SMILES string of the molecule is O=C(CC1CSCCN1)C1CCCc2cccnc21. The van der Waals surface area contributed by atoms with Gasteiger partial charge in [0, 0.05) is 36.7 Å². The van der Waals surface area contributed by atoms with Crippen LogP contribution in [0.1, 0.15) is 36.4 Å². The molecule has 3 rings (SSSR count). The lowest BCUT2D eigenvalue weighted by molar-refractivity contribution is -0.121. The van der Waals surface area contributed by atoms with Crippen molar-refractivity contribution >= 4 is 17.5 Å². The molecule has 1 aliphatic carbocycles. The molecule has 2 aliphatic rings. The van der Waals surface area contributed by atoms with Crippen LogP contribution in [0.4, 0.5) is 0 Å². The molecule has 0 radical (unpaired) electrons. The highest BCUT2D eigenvalue weighted by molar-refractivity contribution is 7.99. The number of Topliss-reactive ketones (excluding diaryl/α,β-unsaturated/α-hetero) is 1. The maximum Gasteiger partial charge on any atom is 0.143 e. The number of hydrogen-bond donors (Lipinski definition) is 1. The number of thioether (sulfide) groups is 1. The zero-order chi connectivity index (χ0) is 13.1. The van der Waals surface area contributed by atoms with Crippen LogP contribution in [0.15, 0.2) is 18.3 Å². The van der Waals surface area contributed by atoms with Crippen molar-refractivity contribution in [1.29, 1.82) is 0 Å². The van der Waals surface area contributed by atoms with Crippen molar-refractivity contribution < 1.29 is 4.79 Å². The van der Waals surface area contributed by atoms with Gasteiger partial charge >= 0.3 is 0 Å². The van der Waals surface area contributed by atoms with E-state index >= 15 is 0 Å². The van der Waals surface area contributed by atoms with Gasteiger partial charge in [-0.05, 0) is 30.9 Å². The number of aromatic nitrogens is 1. The van der Waals surface area contributed by atoms with Crippen molar-refractivity contribution in [2.75, 3.05) is 18.1 Å². The molecule has 0 spiro atoms. The molecule has 1 fully saturated rings. The first-order valence-electron chi connectivity index (χ1n) is 7.12. The summed E-state index contributed by atoms with van der Waals surface area (Å²) < 4.78 is 0. The van der Waals surface area contributed by atoms with Crippen molar-refractivity contribution in [2.24, 2.45) is 0 Å². The molecule has 1 aromatic heterocycles. The Bertz CT molecular complexity index is 457. The zero-order valence-electron chi connectivity index (χ0n) is 11.1. The summed E-state index contributed by atoms with van der Waals surface area (Å²) in [7, 11) is 0. The van der Waals surface area contributed by atoms with Crippen molar-refractivity contribution in [1.82, 2.24) is 10.3 Å². The van der Waals surface area contributed by atoms with Gasteiger partial charge in [-0.3, -0.25) is 9.78 Å². The molecule has 2 heterocycles. The third-order valence-corrected chi connectivity index (χ3v) is 5.16. The lowest BCUT2D eigenvalue weighted by atomic mass is 9.82. The quantitative estimate of drug-likeness (QED) is 0.918. The van der Waals surface area contributed by atoms with Gasteiger partial charge in [0.2, 0.25) is 0 Å². The number of rotatable bonds is 3. The van der Waals surface area contributed by atoms with E-state index in [0.717, 1.165) is 37.3 Å². The van der Waals surface area contributed by atoms with Gasteiger partial charge in [0.25, 0.3) is 0 Å². The fourth-order valence-electron chi connectivity index (χ4n) is 3.06. The molecule has 1 saturated heterocycles. The second-order valence-electron chi connectivity index (χ2n) is 5.39. The maximum absolute atomic E-state index is 12.5. The summed E-state index contributed by atoms with van der Waals surface area (Å²) in [6, 6.07) is 4.46. The van der Waals surface area contributed by atoms with Gasteiger partial charge < -0.3 is 5.32 Å². The molecule has 19 heavy (non-hydrogen) atoms. The molecule has 2 atom stereocenters. The first kappa shape index (κ1) is 13.1. The lowest BCUT2D eigenvalue weighted by Crippen LogP contribution is -2.40. The van der Waals surface area contributed by atoms with E-state index < -0.39 is 0 Å². The van der Waals surface area contributed by atoms with Crippen molar-refractivity contribution in [3.05, 3.63) is 29.6 Å². The Kier molecular flexibility index (Phi) is 4.18. The van der Waals surface area contributed by atoms with E-state index in [1.54, 1.807) is 0 Å². The van der Waals surface area contributed by atoms with Crippen LogP contribution < -0.4 is 5.32 Å². The molecule has 2 unspecified atom stereocenters. The Morgan fingerprint density at radius 3 is 3.32 bits per heavy atom. The Labute approximate surface area is 118 Å². The fourth-order valence-corrected chi connectivity index (χ4v) is 4.01. The first-order chi connectivity index (χ1) is 9.34. The van der Waals surface area contributed by atoms with Crippen LogP contribution in [-0.4, -0.2) is 34.9 Å². The van der Waals surface area contributed by atoms with Crippen LogP contribution in [0.2, 0.25) is 0 Å². The molecule has 1 aliphatic heterocycles. The number of ketones is 1. The van der Waals surface area contributed by atoms with Crippen molar-refractivity contribution in [2.45, 2.75) is 37.6 Å². The molecule has 0 bridgehead atoms. The normalized spacial score (nSPS) is 26.7. The molecular weight excluding hydrogens is 256 g/mol. The van der Waals surface area contributed by atoms with Crippen LogP contribution in [0.3, 0.4) is 0 Å². The fraction of sp³-hybridized carbons (Fsp3) is 0.600. The van der Waals surface area contributed by atoms with E-state index in [1.807, 2.05) is 24.0 Å². The third-order valence-electron chi connectivity index (χ3n) is 4.03. The number of pyridine rings is 1. The number of carbonyl (C=O) groups is 1. The monoisotopic (exact) mass is 276 g/mol. The number of fused-ring (bicyclic) bond motifs is 1. The minimum atomic E-state index is 0.0404. The summed E-state index contributed by atoms with van der Waals surface area (Å²) in [5.41, 5.74) is 2.32. The predicted molar refractivity (Wildman–Crippen MR) is 78.7 cm³/mol. The summed E-state index contributed by atoms with van der Waals surface area (Å²) in [6.45, 7) is 1.03. The van der Waals surface area contributed by atoms with Gasteiger partial charge in [0.05, 0.1) is 11.6 Å². The van der Waals surface area contributed by atoms with Crippen molar-refractivity contribution in [3.8, 4) is 0 Å². The minimum absolute atomic E-state index is 0.0404. The number of hydrogen-bond acceptors (Lipinski definition) is 4. The van der Waals surface area contributed by atoms with Crippen LogP contribution in [-0.2, 0) is 11.2 Å². The number of carbonyl (C=O) groups excluding carboxylic acids is 1. The van der Waals surface area contributed by atoms with Gasteiger partial charge in [-0.1, -0.05) is 6.07 Å². The van der Waals surface area contributed by atoms with Crippen LogP contribution >= 0.6 is 11.8 Å². The van der Waals surface area contributed by atoms with Gasteiger partial charge in [0.1, 0.15) is 5.78 Å². The average molecular weight is 276 g/mol. The smallest absolute Gasteiger partial charge is 0.143 e. The molecule has 3 nitrogen and oxygen atoms in total. The van der Waals surface area contributed by atoms with Gasteiger partial charge in [-0.2, -0.15) is 11.8 Å². The molecule has 1 N–H and O–H groups in total. The second kappa shape index (κ2) is 6.06. The Morgan fingerprint density at radius 1 is 1.53 bits per heavy atom. The minimum Gasteiger partial charge on any atom is -0.312 e. The largest absolute Gasteiger partial charge is 0.312 e. The average Bonchev–Trinajstić information content (AvgIpc) is 2.47. The maximum atomic E-state index is 12.5. The summed E-state index contributed by atoms with van der Waals surface area (Å²) in [6.07, 6.45) is 5.64. The van der Waals surface area contributed by atoms with Crippen LogP contribution in [0.25, 0.3) is 0 Å². The highest BCUT2D eigenvalue weighted by Crippen LogP contribution is 2.31. The van der Waals surface area contributed by atoms with Crippen LogP contribution in [0, 0.1) is 0 Å². The van der Waals surface area contributed by atoms with E-state index in [2.05, 4.69) is 16.4 Å². The van der Waals surface area contributed by atoms with Gasteiger partial charge in [-0.25, -0.2) is 0 Å². The lowest BCUT2D eigenvalue weighted by Gasteiger charge is -2.27. The second-order valence-corrected chi connectivity index (χ2v) is 6.54. The van der Waals surface area contributed by atoms with Crippen molar-refractivity contribution in [3.63, 3.8) is 0 Å². The standard InChI is InChI=1S/C15H20N2OS/c18-14(9-12-10-19-8-7-16-12)13-5-1-3-11-4-2-6-17-15(11)13/h2,4,6,12-13,16H,1,3,5,7-10H2. The van der Waals surface area contributed by atoms with Crippen LogP contribution in [0.5, 0.6) is 0 Å². The summed E-state index contributed by atoms with van der Waals surface area (Å²) in [5.74, 6) is 2.64. The highest BCUT2D eigenvalue weighted by Gasteiger charge is 2.29. The van der Waals surface area contributed by atoms with Gasteiger partial charge in [-0.15, -0.1) is 0 Å². The predicted octanol–water partition coefficient (Wildman–Crippen LogP) is 2.17. The number of aryl methyl sites for hydroxylation is 1. The Morgan fingerprint density at radius 2 is 2.47 bits per heavy atom. The van der Waals surface area contributed by atoms with E-state index in [0.29, 0.717) is 18.2 Å². The number of nitrogens with one attached hydrogen (secondary N) is 1. The molecular formula is C15H20N2OS. The highest BCUT2D eigenvalue weighted by atomic mass is 32.2. The first-order valence-corrected chi connectivity index (χ1v) is 8.27. The molecule has 4 heteroatoms. The molecule has 0 aromatic carbocycles. The summed E-state index contributed by atoms with van der Waals surface area (Å²) >= 11 is 1.95. The Balaban J connectivity index is 1.70. The van der Waals surface area contributed by atoms with Gasteiger partial charge in [0.15, 0.2) is 0 Å². The third kappa shape index (κ3) is 3.00. The topological polar surface area (TPSA) is 42.0 Å². The van der Waals surface area contributed by atoms with E-state index in [-0.39, 0.29) is 5.92 Å². The summed E-state index contributed by atoms with van der Waals surface area (Å²) in [5, 5.41) is 3.45.